The first-order valence-electron chi connectivity index (χ1n) is 9.83. The number of benzene rings is 1. The van der Waals surface area contributed by atoms with Crippen LogP contribution in [0.15, 0.2) is 59.7 Å². The Kier molecular flexibility index (Phi) is 5.97. The molecule has 0 aliphatic carbocycles. The highest BCUT2D eigenvalue weighted by molar-refractivity contribution is 6.06. The van der Waals surface area contributed by atoms with E-state index in [1.165, 1.54) is 0 Å². The number of amides is 1. The van der Waals surface area contributed by atoms with Gasteiger partial charge in [-0.25, -0.2) is 0 Å². The van der Waals surface area contributed by atoms with Crippen LogP contribution < -0.4 is 10.9 Å². The van der Waals surface area contributed by atoms with Crippen LogP contribution in [0, 0.1) is 0 Å². The van der Waals surface area contributed by atoms with E-state index in [-0.39, 0.29) is 11.5 Å². The first-order chi connectivity index (χ1) is 14.2. The molecule has 0 spiro atoms. The van der Waals surface area contributed by atoms with Crippen LogP contribution >= 0.6 is 0 Å². The Hall–Kier alpha value is -3.03. The predicted octanol–water partition coefficient (Wildman–Crippen LogP) is 1.51. The summed E-state index contributed by atoms with van der Waals surface area (Å²) in [6.45, 7) is 4.88. The van der Waals surface area contributed by atoms with Gasteiger partial charge in [0.1, 0.15) is 0 Å². The van der Waals surface area contributed by atoms with Crippen molar-refractivity contribution in [1.82, 2.24) is 19.8 Å². The van der Waals surface area contributed by atoms with Gasteiger partial charge in [0.2, 0.25) is 0 Å². The number of ether oxygens (including phenoxy) is 1. The van der Waals surface area contributed by atoms with Gasteiger partial charge in [0.05, 0.1) is 31.0 Å². The van der Waals surface area contributed by atoms with E-state index in [0.29, 0.717) is 29.4 Å². The van der Waals surface area contributed by atoms with Gasteiger partial charge in [-0.05, 0) is 18.2 Å². The fourth-order valence-corrected chi connectivity index (χ4v) is 3.56. The lowest BCUT2D eigenvalue weighted by atomic mass is 10.1. The van der Waals surface area contributed by atoms with Crippen molar-refractivity contribution in [2.24, 2.45) is 0 Å². The zero-order chi connectivity index (χ0) is 20.1. The van der Waals surface area contributed by atoms with E-state index in [0.717, 1.165) is 38.5 Å². The lowest BCUT2D eigenvalue weighted by Crippen LogP contribution is -2.41. The topological polar surface area (TPSA) is 76.5 Å². The summed E-state index contributed by atoms with van der Waals surface area (Å²) in [4.78, 5) is 32.4. The maximum atomic E-state index is 12.9. The molecule has 29 heavy (non-hydrogen) atoms. The van der Waals surface area contributed by atoms with Crippen LogP contribution in [-0.4, -0.2) is 59.8 Å². The van der Waals surface area contributed by atoms with Gasteiger partial charge in [0.15, 0.2) is 0 Å². The zero-order valence-corrected chi connectivity index (χ0v) is 16.2. The molecule has 0 atom stereocenters. The number of carbonyl (C=O) groups is 1. The maximum absolute atomic E-state index is 12.9. The minimum atomic E-state index is -0.177. The molecule has 3 aromatic rings. The van der Waals surface area contributed by atoms with Crippen molar-refractivity contribution in [1.29, 1.82) is 0 Å². The van der Waals surface area contributed by atoms with Gasteiger partial charge in [-0.2, -0.15) is 0 Å². The Morgan fingerprint density at radius 2 is 1.83 bits per heavy atom. The molecular formula is C22H24N4O3. The van der Waals surface area contributed by atoms with E-state index in [1.54, 1.807) is 23.0 Å². The summed E-state index contributed by atoms with van der Waals surface area (Å²) in [7, 11) is 0. The largest absolute Gasteiger partial charge is 0.379 e. The van der Waals surface area contributed by atoms with Crippen molar-refractivity contribution in [3.63, 3.8) is 0 Å². The lowest BCUT2D eigenvalue weighted by molar-refractivity contribution is 0.0383. The van der Waals surface area contributed by atoms with E-state index in [2.05, 4.69) is 15.2 Å². The molecule has 1 amide bonds. The number of rotatable bonds is 6. The fraction of sp³-hybridized carbons (Fsp3) is 0.318. The highest BCUT2D eigenvalue weighted by atomic mass is 16.5. The third kappa shape index (κ3) is 4.52. The Labute approximate surface area is 168 Å². The third-order valence-electron chi connectivity index (χ3n) is 5.11. The van der Waals surface area contributed by atoms with Gasteiger partial charge < -0.3 is 14.6 Å². The average molecular weight is 392 g/mol. The maximum Gasteiger partial charge on any atom is 0.258 e. The Bertz CT molecular complexity index is 1040. The van der Waals surface area contributed by atoms with Crippen LogP contribution in [0.2, 0.25) is 0 Å². The summed E-state index contributed by atoms with van der Waals surface area (Å²) in [6, 6.07) is 12.8. The van der Waals surface area contributed by atoms with Crippen molar-refractivity contribution in [3.05, 3.63) is 76.5 Å². The van der Waals surface area contributed by atoms with Gasteiger partial charge in [-0.3, -0.25) is 19.5 Å². The van der Waals surface area contributed by atoms with Crippen LogP contribution in [0.3, 0.4) is 0 Å². The quantitative estimate of drug-likeness (QED) is 0.688. The molecule has 1 aromatic carbocycles. The van der Waals surface area contributed by atoms with Gasteiger partial charge >= 0.3 is 0 Å². The standard InChI is InChI=1S/C22H24N4O3/c27-21(24-9-10-25-11-13-29-14-12-25)20-16-26(15-17-5-3-4-8-23-17)22(28)19-7-2-1-6-18(19)20/h1-8,16H,9-15H2,(H,24,27). The molecule has 7 heteroatoms. The number of fused-ring (bicyclic) bond motifs is 1. The van der Waals surface area contributed by atoms with E-state index in [9.17, 15) is 9.59 Å². The third-order valence-corrected chi connectivity index (χ3v) is 5.11. The first kappa shape index (κ1) is 19.3. The molecule has 1 N–H and O–H groups in total. The Morgan fingerprint density at radius 1 is 1.07 bits per heavy atom. The summed E-state index contributed by atoms with van der Waals surface area (Å²) in [5, 5.41) is 4.19. The lowest BCUT2D eigenvalue weighted by Gasteiger charge is -2.26. The van der Waals surface area contributed by atoms with Crippen molar-refractivity contribution in [2.75, 3.05) is 39.4 Å². The molecule has 0 radical (unpaired) electrons. The average Bonchev–Trinajstić information content (AvgIpc) is 2.77. The second kappa shape index (κ2) is 8.98. The Morgan fingerprint density at radius 3 is 2.59 bits per heavy atom. The zero-order valence-electron chi connectivity index (χ0n) is 16.2. The summed E-state index contributed by atoms with van der Waals surface area (Å²) < 4.78 is 6.91. The molecule has 1 saturated heterocycles. The van der Waals surface area contributed by atoms with Crippen LogP contribution in [0.5, 0.6) is 0 Å². The van der Waals surface area contributed by atoms with Crippen molar-refractivity contribution < 1.29 is 9.53 Å². The normalized spacial score (nSPS) is 14.8. The molecular weight excluding hydrogens is 368 g/mol. The summed E-state index contributed by atoms with van der Waals surface area (Å²) in [5.74, 6) is -0.177. The van der Waals surface area contributed by atoms with Crippen molar-refractivity contribution in [2.45, 2.75) is 6.54 Å². The molecule has 1 aliphatic rings. The number of pyridine rings is 2. The van der Waals surface area contributed by atoms with Gasteiger partial charge in [-0.15, -0.1) is 0 Å². The van der Waals surface area contributed by atoms with E-state index in [1.807, 2.05) is 36.4 Å². The molecule has 7 nitrogen and oxygen atoms in total. The van der Waals surface area contributed by atoms with Gasteiger partial charge in [0.25, 0.3) is 11.5 Å². The predicted molar refractivity (Wildman–Crippen MR) is 111 cm³/mol. The van der Waals surface area contributed by atoms with Crippen LogP contribution in [0.1, 0.15) is 16.1 Å². The minimum absolute atomic E-state index is 0.129. The molecule has 0 unspecified atom stereocenters. The molecule has 2 aromatic heterocycles. The van der Waals surface area contributed by atoms with E-state index >= 15 is 0 Å². The Balaban J connectivity index is 1.57. The highest BCUT2D eigenvalue weighted by Gasteiger charge is 2.16. The molecule has 150 valence electrons. The molecule has 1 fully saturated rings. The number of nitrogens with zero attached hydrogens (tertiary/aromatic N) is 3. The SMILES string of the molecule is O=C(NCCN1CCOCC1)c1cn(Cc2ccccn2)c(=O)c2ccccc12. The highest BCUT2D eigenvalue weighted by Crippen LogP contribution is 2.16. The van der Waals surface area contributed by atoms with E-state index < -0.39 is 0 Å². The summed E-state index contributed by atoms with van der Waals surface area (Å²) in [6.07, 6.45) is 3.34. The second-order valence-corrected chi connectivity index (χ2v) is 7.05. The molecule has 3 heterocycles. The van der Waals surface area contributed by atoms with Gasteiger partial charge in [-0.1, -0.05) is 24.3 Å². The number of hydrogen-bond donors (Lipinski definition) is 1. The molecule has 1 aliphatic heterocycles. The molecule has 0 saturated carbocycles. The molecule has 0 bridgehead atoms. The minimum Gasteiger partial charge on any atom is -0.379 e. The van der Waals surface area contributed by atoms with Crippen LogP contribution in [0.25, 0.3) is 10.8 Å². The smallest absolute Gasteiger partial charge is 0.258 e. The molecule has 4 rings (SSSR count). The van der Waals surface area contributed by atoms with Crippen molar-refractivity contribution >= 4 is 16.7 Å². The summed E-state index contributed by atoms with van der Waals surface area (Å²) in [5.41, 5.74) is 1.14. The number of aromatic nitrogens is 2. The number of morpholine rings is 1. The van der Waals surface area contributed by atoms with Crippen LogP contribution in [0.4, 0.5) is 0 Å². The fourth-order valence-electron chi connectivity index (χ4n) is 3.56. The van der Waals surface area contributed by atoms with Crippen molar-refractivity contribution in [3.8, 4) is 0 Å². The number of carbonyl (C=O) groups excluding carboxylic acids is 1. The second-order valence-electron chi connectivity index (χ2n) is 7.05. The first-order valence-corrected chi connectivity index (χ1v) is 9.83. The van der Waals surface area contributed by atoms with Gasteiger partial charge in [0, 0.05) is 49.3 Å². The van der Waals surface area contributed by atoms with E-state index in [4.69, 9.17) is 4.74 Å². The summed E-state index contributed by atoms with van der Waals surface area (Å²) >= 11 is 0. The monoisotopic (exact) mass is 392 g/mol. The number of nitrogens with one attached hydrogen (secondary N) is 1. The van der Waals surface area contributed by atoms with Crippen LogP contribution in [-0.2, 0) is 11.3 Å². The number of hydrogen-bond acceptors (Lipinski definition) is 5.